The number of rotatable bonds is 2. The summed E-state index contributed by atoms with van der Waals surface area (Å²) >= 11 is 3.46. The monoisotopic (exact) mass is 315 g/mol. The van der Waals surface area contributed by atoms with Gasteiger partial charge in [-0.3, -0.25) is 0 Å². The van der Waals surface area contributed by atoms with E-state index >= 15 is 0 Å². The zero-order chi connectivity index (χ0) is 13.2. The van der Waals surface area contributed by atoms with Gasteiger partial charge < -0.3 is 5.32 Å². The van der Waals surface area contributed by atoms with Crippen molar-refractivity contribution >= 4 is 32.7 Å². The minimum absolute atomic E-state index is 0.633. The second-order valence-electron chi connectivity index (χ2n) is 3.94. The highest BCUT2D eigenvalue weighted by molar-refractivity contribution is 9.10. The third kappa shape index (κ3) is 2.26. The van der Waals surface area contributed by atoms with E-state index in [1.54, 1.807) is 12.4 Å². The molecule has 1 N–H and O–H groups in total. The quantitative estimate of drug-likeness (QED) is 0.787. The lowest BCUT2D eigenvalue weighted by atomic mass is 10.2. The third-order valence-corrected chi connectivity index (χ3v) is 3.23. The van der Waals surface area contributed by atoms with Crippen LogP contribution in [0, 0.1) is 0 Å². The van der Waals surface area contributed by atoms with Gasteiger partial charge in [0.25, 0.3) is 0 Å². The molecule has 0 saturated heterocycles. The molecule has 0 amide bonds. The SMILES string of the molecule is CNc1nc(-c2ccnnc2)nc2ccc(Br)cc12. The number of aromatic nitrogens is 4. The first-order chi connectivity index (χ1) is 9.28. The molecule has 0 aliphatic heterocycles. The molecule has 0 fully saturated rings. The van der Waals surface area contributed by atoms with E-state index in [9.17, 15) is 0 Å². The fraction of sp³-hybridized carbons (Fsp3) is 0.0769. The summed E-state index contributed by atoms with van der Waals surface area (Å²) in [6.45, 7) is 0. The molecule has 0 bridgehead atoms. The summed E-state index contributed by atoms with van der Waals surface area (Å²) in [6, 6.07) is 7.76. The molecule has 5 nitrogen and oxygen atoms in total. The van der Waals surface area contributed by atoms with Crippen LogP contribution in [-0.2, 0) is 0 Å². The van der Waals surface area contributed by atoms with Crippen LogP contribution in [0.1, 0.15) is 0 Å². The number of hydrogen-bond donors (Lipinski definition) is 1. The van der Waals surface area contributed by atoms with Crippen LogP contribution in [0.2, 0.25) is 0 Å². The van der Waals surface area contributed by atoms with Crippen LogP contribution in [0.5, 0.6) is 0 Å². The van der Waals surface area contributed by atoms with Gasteiger partial charge in [0.2, 0.25) is 0 Å². The first-order valence-corrected chi connectivity index (χ1v) is 6.49. The van der Waals surface area contributed by atoms with Crippen molar-refractivity contribution in [1.29, 1.82) is 0 Å². The Kier molecular flexibility index (Phi) is 3.08. The van der Waals surface area contributed by atoms with Crippen molar-refractivity contribution < 1.29 is 0 Å². The molecule has 19 heavy (non-hydrogen) atoms. The van der Waals surface area contributed by atoms with Gasteiger partial charge in [0, 0.05) is 22.5 Å². The van der Waals surface area contributed by atoms with Gasteiger partial charge >= 0.3 is 0 Å². The lowest BCUT2D eigenvalue weighted by molar-refractivity contribution is 1.03. The van der Waals surface area contributed by atoms with Crippen molar-refractivity contribution in [3.63, 3.8) is 0 Å². The Morgan fingerprint density at radius 3 is 2.74 bits per heavy atom. The minimum Gasteiger partial charge on any atom is -0.373 e. The van der Waals surface area contributed by atoms with Gasteiger partial charge in [-0.15, -0.1) is 0 Å². The van der Waals surface area contributed by atoms with Crippen LogP contribution in [0.3, 0.4) is 0 Å². The molecule has 0 radical (unpaired) electrons. The molecule has 0 spiro atoms. The van der Waals surface area contributed by atoms with E-state index < -0.39 is 0 Å². The third-order valence-electron chi connectivity index (χ3n) is 2.74. The fourth-order valence-electron chi connectivity index (χ4n) is 1.84. The maximum absolute atomic E-state index is 4.56. The molecule has 94 valence electrons. The Labute approximate surface area is 118 Å². The van der Waals surface area contributed by atoms with Crippen molar-refractivity contribution in [2.24, 2.45) is 0 Å². The molecule has 2 heterocycles. The Bertz CT molecular complexity index is 730. The van der Waals surface area contributed by atoms with Crippen molar-refractivity contribution in [1.82, 2.24) is 20.2 Å². The summed E-state index contributed by atoms with van der Waals surface area (Å²) in [6.07, 6.45) is 3.28. The molecule has 0 atom stereocenters. The molecule has 3 aromatic rings. The van der Waals surface area contributed by atoms with Gasteiger partial charge in [-0.05, 0) is 24.3 Å². The second-order valence-corrected chi connectivity index (χ2v) is 4.85. The predicted molar refractivity (Wildman–Crippen MR) is 77.8 cm³/mol. The number of halogens is 1. The number of nitrogens with zero attached hydrogens (tertiary/aromatic N) is 4. The smallest absolute Gasteiger partial charge is 0.163 e. The molecule has 6 heteroatoms. The van der Waals surface area contributed by atoms with Gasteiger partial charge in [-0.25, -0.2) is 9.97 Å². The largest absolute Gasteiger partial charge is 0.373 e. The van der Waals surface area contributed by atoms with Crippen molar-refractivity contribution in [2.45, 2.75) is 0 Å². The summed E-state index contributed by atoms with van der Waals surface area (Å²) in [5.74, 6) is 1.42. The highest BCUT2D eigenvalue weighted by Gasteiger charge is 2.09. The summed E-state index contributed by atoms with van der Waals surface area (Å²) in [5, 5.41) is 11.7. The summed E-state index contributed by atoms with van der Waals surface area (Å²) in [7, 11) is 1.84. The van der Waals surface area contributed by atoms with Crippen LogP contribution in [0.25, 0.3) is 22.3 Å². The maximum atomic E-state index is 4.56. The van der Waals surface area contributed by atoms with Gasteiger partial charge in [0.1, 0.15) is 5.82 Å². The lowest BCUT2D eigenvalue weighted by Gasteiger charge is -2.08. The number of anilines is 1. The first kappa shape index (κ1) is 12.0. The molecule has 3 rings (SSSR count). The number of benzene rings is 1. The van der Waals surface area contributed by atoms with E-state index in [1.807, 2.05) is 31.3 Å². The Balaban J connectivity index is 2.26. The number of nitrogens with one attached hydrogen (secondary N) is 1. The van der Waals surface area contributed by atoms with Crippen molar-refractivity contribution in [3.05, 3.63) is 41.1 Å². The number of fused-ring (bicyclic) bond motifs is 1. The van der Waals surface area contributed by atoms with E-state index in [0.29, 0.717) is 5.82 Å². The van der Waals surface area contributed by atoms with Gasteiger partial charge in [0.15, 0.2) is 5.82 Å². The molecule has 1 aromatic carbocycles. The topological polar surface area (TPSA) is 63.6 Å². The van der Waals surface area contributed by atoms with Crippen molar-refractivity contribution in [2.75, 3.05) is 12.4 Å². The van der Waals surface area contributed by atoms with E-state index in [4.69, 9.17) is 0 Å². The minimum atomic E-state index is 0.633. The summed E-state index contributed by atoms with van der Waals surface area (Å²) < 4.78 is 0.999. The van der Waals surface area contributed by atoms with E-state index in [0.717, 1.165) is 26.8 Å². The number of hydrogen-bond acceptors (Lipinski definition) is 5. The van der Waals surface area contributed by atoms with E-state index in [-0.39, 0.29) is 0 Å². The molecular weight excluding hydrogens is 306 g/mol. The second kappa shape index (κ2) is 4.89. The van der Waals surface area contributed by atoms with E-state index in [2.05, 4.69) is 41.4 Å². The van der Waals surface area contributed by atoms with Gasteiger partial charge in [0.05, 0.1) is 17.9 Å². The van der Waals surface area contributed by atoms with Gasteiger partial charge in [-0.2, -0.15) is 10.2 Å². The molecule has 0 aliphatic rings. The Morgan fingerprint density at radius 1 is 1.11 bits per heavy atom. The zero-order valence-electron chi connectivity index (χ0n) is 10.1. The van der Waals surface area contributed by atoms with Crippen LogP contribution < -0.4 is 5.32 Å². The highest BCUT2D eigenvalue weighted by Crippen LogP contribution is 2.26. The van der Waals surface area contributed by atoms with Crippen molar-refractivity contribution in [3.8, 4) is 11.4 Å². The normalized spacial score (nSPS) is 10.6. The molecular formula is C13H10BrN5. The van der Waals surface area contributed by atoms with E-state index in [1.165, 1.54) is 0 Å². The average Bonchev–Trinajstić information content (AvgIpc) is 2.47. The van der Waals surface area contributed by atoms with Crippen LogP contribution >= 0.6 is 15.9 Å². The van der Waals surface area contributed by atoms with Crippen LogP contribution in [0.15, 0.2) is 41.1 Å². The average molecular weight is 316 g/mol. The fourth-order valence-corrected chi connectivity index (χ4v) is 2.20. The lowest BCUT2D eigenvalue weighted by Crippen LogP contribution is -1.99. The molecule has 2 aromatic heterocycles. The van der Waals surface area contributed by atoms with Crippen LogP contribution in [-0.4, -0.2) is 27.2 Å². The standard InChI is InChI=1S/C13H10BrN5/c1-15-13-10-6-9(14)2-3-11(10)18-12(19-13)8-4-5-16-17-7-8/h2-7H,1H3,(H,15,18,19). The molecule has 0 aliphatic carbocycles. The molecule has 0 saturated carbocycles. The van der Waals surface area contributed by atoms with Gasteiger partial charge in [-0.1, -0.05) is 15.9 Å². The molecule has 0 unspecified atom stereocenters. The Hall–Kier alpha value is -2.08. The first-order valence-electron chi connectivity index (χ1n) is 5.70. The zero-order valence-corrected chi connectivity index (χ0v) is 11.7. The summed E-state index contributed by atoms with van der Waals surface area (Å²) in [5.41, 5.74) is 1.73. The predicted octanol–water partition coefficient (Wildman–Crippen LogP) is 2.89. The summed E-state index contributed by atoms with van der Waals surface area (Å²) in [4.78, 5) is 9.08. The maximum Gasteiger partial charge on any atom is 0.163 e. The highest BCUT2D eigenvalue weighted by atomic mass is 79.9. The Morgan fingerprint density at radius 2 is 2.00 bits per heavy atom. The van der Waals surface area contributed by atoms with Crippen LogP contribution in [0.4, 0.5) is 5.82 Å².